The predicted molar refractivity (Wildman–Crippen MR) is 158 cm³/mol. The molecule has 5 rings (SSSR count). The minimum absolute atomic E-state index is 0.0388. The lowest BCUT2D eigenvalue weighted by molar-refractivity contribution is -0.123. The van der Waals surface area contributed by atoms with E-state index in [9.17, 15) is 13.2 Å². The van der Waals surface area contributed by atoms with Crippen LogP contribution >= 0.6 is 11.3 Å². The van der Waals surface area contributed by atoms with Gasteiger partial charge in [-0.25, -0.2) is 13.4 Å². The number of amides is 1. The van der Waals surface area contributed by atoms with E-state index in [1.165, 1.54) is 4.31 Å². The molecule has 1 aromatic heterocycles. The van der Waals surface area contributed by atoms with Crippen molar-refractivity contribution in [3.8, 4) is 5.75 Å². The Bertz CT molecular complexity index is 1430. The van der Waals surface area contributed by atoms with Gasteiger partial charge in [0.15, 0.2) is 5.13 Å². The first kappa shape index (κ1) is 28.9. The Labute approximate surface area is 240 Å². The largest absolute Gasteiger partial charge is 0.497 e. The Balaban J connectivity index is 1.30. The van der Waals surface area contributed by atoms with Crippen LogP contribution in [0.2, 0.25) is 0 Å². The Morgan fingerprint density at radius 1 is 1.10 bits per heavy atom. The molecular weight excluding hydrogens is 548 g/mol. The lowest BCUT2D eigenvalue weighted by Gasteiger charge is -2.33. The van der Waals surface area contributed by atoms with E-state index in [0.29, 0.717) is 38.2 Å². The molecule has 40 heavy (non-hydrogen) atoms. The Hall–Kier alpha value is -2.57. The third-order valence-electron chi connectivity index (χ3n) is 7.77. The highest BCUT2D eigenvalue weighted by molar-refractivity contribution is 7.89. The summed E-state index contributed by atoms with van der Waals surface area (Å²) in [7, 11) is -2.09. The highest BCUT2D eigenvalue weighted by Crippen LogP contribution is 2.34. The molecule has 0 saturated carbocycles. The van der Waals surface area contributed by atoms with Gasteiger partial charge in [-0.15, -0.1) is 0 Å². The first-order valence-corrected chi connectivity index (χ1v) is 16.2. The summed E-state index contributed by atoms with van der Waals surface area (Å²) in [6.45, 7) is 9.56. The lowest BCUT2D eigenvalue weighted by atomic mass is 9.96. The number of rotatable bonds is 9. The van der Waals surface area contributed by atoms with Crippen molar-refractivity contribution < 1.29 is 22.7 Å². The van der Waals surface area contributed by atoms with Gasteiger partial charge in [-0.1, -0.05) is 17.4 Å². The minimum Gasteiger partial charge on any atom is -0.497 e. The van der Waals surface area contributed by atoms with E-state index in [2.05, 4.69) is 30.9 Å². The summed E-state index contributed by atoms with van der Waals surface area (Å²) < 4.78 is 39.7. The van der Waals surface area contributed by atoms with Crippen LogP contribution in [0.25, 0.3) is 10.2 Å². The van der Waals surface area contributed by atoms with Crippen molar-refractivity contribution in [2.24, 2.45) is 5.92 Å². The van der Waals surface area contributed by atoms with Crippen molar-refractivity contribution in [3.63, 3.8) is 0 Å². The molecule has 0 atom stereocenters. The summed E-state index contributed by atoms with van der Waals surface area (Å²) >= 11 is 1.57. The summed E-state index contributed by atoms with van der Waals surface area (Å²) in [6, 6.07) is 10.7. The fourth-order valence-corrected chi connectivity index (χ4v) is 8.03. The topological polar surface area (TPSA) is 92.3 Å². The Kier molecular flexibility index (Phi) is 9.06. The first-order valence-electron chi connectivity index (χ1n) is 13.9. The zero-order chi connectivity index (χ0) is 28.3. The van der Waals surface area contributed by atoms with Gasteiger partial charge in [0.1, 0.15) is 5.75 Å². The zero-order valence-corrected chi connectivity index (χ0v) is 25.1. The Morgan fingerprint density at radius 3 is 2.48 bits per heavy atom. The van der Waals surface area contributed by atoms with E-state index >= 15 is 0 Å². The average Bonchev–Trinajstić information content (AvgIpc) is 3.40. The number of hydrogen-bond donors (Lipinski definition) is 0. The van der Waals surface area contributed by atoms with Crippen molar-refractivity contribution in [2.45, 2.75) is 38.0 Å². The molecule has 9 nitrogen and oxygen atoms in total. The number of aromatic nitrogens is 1. The van der Waals surface area contributed by atoms with Crippen LogP contribution in [0.4, 0.5) is 5.13 Å². The number of benzene rings is 2. The van der Waals surface area contributed by atoms with Crippen LogP contribution < -0.4 is 9.64 Å². The summed E-state index contributed by atoms with van der Waals surface area (Å²) in [6.07, 6.45) is 1.80. The number of hydrogen-bond acceptors (Lipinski definition) is 8. The van der Waals surface area contributed by atoms with Gasteiger partial charge in [-0.3, -0.25) is 14.6 Å². The predicted octanol–water partition coefficient (Wildman–Crippen LogP) is 4.08. The fraction of sp³-hybridized carbons (Fsp3) is 0.517. The number of ether oxygens (including phenoxy) is 2. The number of nitrogens with zero attached hydrogens (tertiary/aromatic N) is 4. The van der Waals surface area contributed by atoms with E-state index in [0.717, 1.165) is 65.7 Å². The third-order valence-corrected chi connectivity index (χ3v) is 10.9. The second kappa shape index (κ2) is 12.5. The fourth-order valence-electron chi connectivity index (χ4n) is 5.52. The highest BCUT2D eigenvalue weighted by atomic mass is 32.2. The minimum atomic E-state index is -3.63. The molecule has 11 heteroatoms. The number of carbonyl (C=O) groups excluding carboxylic acids is 1. The highest BCUT2D eigenvalue weighted by Gasteiger charge is 2.35. The van der Waals surface area contributed by atoms with Crippen LogP contribution in [0.3, 0.4) is 0 Å². The molecule has 0 radical (unpaired) electrons. The average molecular weight is 587 g/mol. The summed E-state index contributed by atoms with van der Waals surface area (Å²) in [4.78, 5) is 23.4. The number of aryl methyl sites for hydroxylation is 2. The van der Waals surface area contributed by atoms with Gasteiger partial charge in [0.2, 0.25) is 15.9 Å². The van der Waals surface area contributed by atoms with E-state index < -0.39 is 10.0 Å². The second-order valence-electron chi connectivity index (χ2n) is 10.6. The molecule has 2 saturated heterocycles. The number of anilines is 1. The molecule has 2 fully saturated rings. The SMILES string of the molecule is COc1ccc(S(=O)(=O)N2CCC(C(=O)N(CCCN3CCOCC3)c3nc4cc(C)cc(C)c4s3)CC2)cc1. The van der Waals surface area contributed by atoms with Crippen molar-refractivity contribution in [3.05, 3.63) is 47.5 Å². The van der Waals surface area contributed by atoms with Crippen molar-refractivity contribution in [1.29, 1.82) is 0 Å². The van der Waals surface area contributed by atoms with Crippen molar-refractivity contribution >= 4 is 42.6 Å². The summed E-state index contributed by atoms with van der Waals surface area (Å²) in [5, 5.41) is 0.726. The molecule has 3 heterocycles. The van der Waals surface area contributed by atoms with Crippen LogP contribution in [-0.4, -0.2) is 88.1 Å². The van der Waals surface area contributed by atoms with Crippen molar-refractivity contribution in [2.75, 3.05) is 64.5 Å². The molecule has 216 valence electrons. The van der Waals surface area contributed by atoms with Crippen LogP contribution in [0, 0.1) is 19.8 Å². The maximum absolute atomic E-state index is 14.0. The molecule has 2 aromatic carbocycles. The van der Waals surface area contributed by atoms with Crippen LogP contribution in [0.1, 0.15) is 30.4 Å². The molecule has 0 N–H and O–H groups in total. The molecular formula is C29H38N4O5S2. The monoisotopic (exact) mass is 586 g/mol. The summed E-state index contributed by atoms with van der Waals surface area (Å²) in [5.41, 5.74) is 3.23. The van der Waals surface area contributed by atoms with E-state index in [1.54, 1.807) is 42.7 Å². The molecule has 0 aliphatic carbocycles. The molecule has 0 unspecified atom stereocenters. The van der Waals surface area contributed by atoms with Crippen LogP contribution in [-0.2, 0) is 19.6 Å². The number of piperidine rings is 1. The molecule has 2 aliphatic rings. The van der Waals surface area contributed by atoms with Crippen LogP contribution in [0.5, 0.6) is 5.75 Å². The third kappa shape index (κ3) is 6.33. The van der Waals surface area contributed by atoms with E-state index in [4.69, 9.17) is 14.5 Å². The quantitative estimate of drug-likeness (QED) is 0.373. The van der Waals surface area contributed by atoms with Gasteiger partial charge in [0.05, 0.1) is 35.4 Å². The number of morpholine rings is 1. The molecule has 2 aliphatic heterocycles. The van der Waals surface area contributed by atoms with Gasteiger partial charge >= 0.3 is 0 Å². The number of carbonyl (C=O) groups is 1. The number of methoxy groups -OCH3 is 1. The maximum atomic E-state index is 14.0. The normalized spacial score (nSPS) is 17.8. The van der Waals surface area contributed by atoms with Gasteiger partial charge in [0.25, 0.3) is 0 Å². The van der Waals surface area contributed by atoms with Gasteiger partial charge < -0.3 is 9.47 Å². The van der Waals surface area contributed by atoms with Gasteiger partial charge in [-0.05, 0) is 74.6 Å². The first-order chi connectivity index (χ1) is 19.3. The second-order valence-corrected chi connectivity index (χ2v) is 13.5. The lowest BCUT2D eigenvalue weighted by Crippen LogP contribution is -2.45. The molecule has 0 spiro atoms. The summed E-state index contributed by atoms with van der Waals surface area (Å²) in [5.74, 6) is 0.398. The molecule has 3 aromatic rings. The zero-order valence-electron chi connectivity index (χ0n) is 23.5. The van der Waals surface area contributed by atoms with Gasteiger partial charge in [0, 0.05) is 45.2 Å². The van der Waals surface area contributed by atoms with E-state index in [-0.39, 0.29) is 16.7 Å². The number of thiazole rings is 1. The molecule has 0 bridgehead atoms. The van der Waals surface area contributed by atoms with Gasteiger partial charge in [-0.2, -0.15) is 4.31 Å². The Morgan fingerprint density at radius 2 is 1.80 bits per heavy atom. The van der Waals surface area contributed by atoms with Crippen LogP contribution in [0.15, 0.2) is 41.3 Å². The number of sulfonamides is 1. The smallest absolute Gasteiger partial charge is 0.243 e. The standard InChI is InChI=1S/C29H38N4O5S2/c1-21-19-22(2)27-26(20-21)30-29(39-27)33(12-4-11-31-15-17-38-18-16-31)28(34)23-9-13-32(14-10-23)40(35,36)25-7-5-24(37-3)6-8-25/h5-8,19-20,23H,4,9-18H2,1-3H3. The van der Waals surface area contributed by atoms with Crippen molar-refractivity contribution in [1.82, 2.24) is 14.2 Å². The number of fused-ring (bicyclic) bond motifs is 1. The van der Waals surface area contributed by atoms with E-state index in [1.807, 2.05) is 4.90 Å². The maximum Gasteiger partial charge on any atom is 0.243 e. The molecule has 1 amide bonds.